The minimum absolute atomic E-state index is 0.155. The van der Waals surface area contributed by atoms with Crippen LogP contribution in [0.4, 0.5) is 5.69 Å². The highest BCUT2D eigenvalue weighted by molar-refractivity contribution is 6.33. The van der Waals surface area contributed by atoms with Crippen LogP contribution in [0.1, 0.15) is 0 Å². The highest BCUT2D eigenvalue weighted by Crippen LogP contribution is 2.20. The zero-order valence-corrected chi connectivity index (χ0v) is 14.5. The van der Waals surface area contributed by atoms with Crippen molar-refractivity contribution < 1.29 is 4.79 Å². The molecule has 0 atom stereocenters. The number of nitrogens with zero attached hydrogens (tertiary/aromatic N) is 2. The molecule has 0 bridgehead atoms. The predicted molar refractivity (Wildman–Crippen MR) is 99.0 cm³/mol. The van der Waals surface area contributed by atoms with Gasteiger partial charge in [0.1, 0.15) is 6.54 Å². The molecule has 0 aliphatic carbocycles. The highest BCUT2D eigenvalue weighted by atomic mass is 35.5. The highest BCUT2D eigenvalue weighted by Gasteiger charge is 2.09. The van der Waals surface area contributed by atoms with Crippen molar-refractivity contribution in [3.8, 4) is 11.3 Å². The van der Waals surface area contributed by atoms with Gasteiger partial charge in [0, 0.05) is 16.7 Å². The van der Waals surface area contributed by atoms with Crippen molar-refractivity contribution in [2.24, 2.45) is 0 Å². The summed E-state index contributed by atoms with van der Waals surface area (Å²) in [6, 6.07) is 15.3. The van der Waals surface area contributed by atoms with Crippen LogP contribution < -0.4 is 10.9 Å². The molecule has 0 unspecified atom stereocenters. The van der Waals surface area contributed by atoms with Gasteiger partial charge in [0.15, 0.2) is 0 Å². The average molecular weight is 374 g/mol. The first-order valence-corrected chi connectivity index (χ1v) is 8.15. The number of hydrogen-bond acceptors (Lipinski definition) is 3. The van der Waals surface area contributed by atoms with E-state index in [2.05, 4.69) is 10.3 Å². The minimum atomic E-state index is -0.365. The number of nitrogens with one attached hydrogen (secondary N) is 1. The van der Waals surface area contributed by atoms with Crippen LogP contribution in [0.5, 0.6) is 0 Å². The van der Waals surface area contributed by atoms with E-state index in [1.165, 1.54) is 17.0 Å². The van der Waals surface area contributed by atoms with Crippen LogP contribution in [0.3, 0.4) is 0 Å². The largest absolute Gasteiger partial charge is 0.323 e. The van der Waals surface area contributed by atoms with E-state index in [1.807, 2.05) is 0 Å². The molecule has 1 aromatic heterocycles. The van der Waals surface area contributed by atoms with Crippen molar-refractivity contribution in [1.82, 2.24) is 9.55 Å². The van der Waals surface area contributed by atoms with Crippen molar-refractivity contribution in [3.05, 3.63) is 81.3 Å². The molecule has 2 aromatic carbocycles. The first-order valence-electron chi connectivity index (χ1n) is 7.40. The average Bonchev–Trinajstić information content (AvgIpc) is 2.59. The van der Waals surface area contributed by atoms with Crippen molar-refractivity contribution in [2.45, 2.75) is 6.54 Å². The lowest BCUT2D eigenvalue weighted by Gasteiger charge is -2.09. The number of carbonyl (C=O) groups excluding carboxylic acids is 1. The zero-order valence-electron chi connectivity index (χ0n) is 12.9. The first-order chi connectivity index (χ1) is 12.0. The molecule has 1 N–H and O–H groups in total. The Morgan fingerprint density at radius 3 is 2.48 bits per heavy atom. The van der Waals surface area contributed by atoms with Crippen LogP contribution in [0.15, 0.2) is 65.7 Å². The van der Waals surface area contributed by atoms with Crippen LogP contribution in [0.25, 0.3) is 11.3 Å². The third-order valence-electron chi connectivity index (χ3n) is 3.48. The van der Waals surface area contributed by atoms with E-state index >= 15 is 0 Å². The number of halogens is 2. The Morgan fingerprint density at radius 1 is 1.08 bits per heavy atom. The smallest absolute Gasteiger partial charge is 0.254 e. The van der Waals surface area contributed by atoms with Gasteiger partial charge in [-0.25, -0.2) is 4.98 Å². The molecule has 0 aliphatic heterocycles. The molecule has 5 nitrogen and oxygen atoms in total. The summed E-state index contributed by atoms with van der Waals surface area (Å²) in [7, 11) is 0. The molecule has 0 fully saturated rings. The summed E-state index contributed by atoms with van der Waals surface area (Å²) in [6.07, 6.45) is 1.35. The number of benzene rings is 2. The Bertz CT molecular complexity index is 969. The van der Waals surface area contributed by atoms with Crippen LogP contribution in [-0.2, 0) is 11.3 Å². The predicted octanol–water partition coefficient (Wildman–Crippen LogP) is 3.86. The second-order valence-electron chi connectivity index (χ2n) is 5.28. The summed E-state index contributed by atoms with van der Waals surface area (Å²) in [5, 5.41) is 3.70. The molecule has 1 heterocycles. The summed E-state index contributed by atoms with van der Waals surface area (Å²) >= 11 is 11.8. The monoisotopic (exact) mass is 373 g/mol. The van der Waals surface area contributed by atoms with Crippen LogP contribution in [-0.4, -0.2) is 15.5 Å². The van der Waals surface area contributed by atoms with E-state index in [0.717, 1.165) is 5.56 Å². The van der Waals surface area contributed by atoms with E-state index < -0.39 is 0 Å². The lowest BCUT2D eigenvalue weighted by Crippen LogP contribution is -2.27. The molecule has 0 radical (unpaired) electrons. The Morgan fingerprint density at radius 2 is 1.80 bits per heavy atom. The lowest BCUT2D eigenvalue weighted by molar-refractivity contribution is -0.116. The van der Waals surface area contributed by atoms with Gasteiger partial charge in [-0.1, -0.05) is 47.5 Å². The van der Waals surface area contributed by atoms with E-state index in [9.17, 15) is 9.59 Å². The van der Waals surface area contributed by atoms with Crippen LogP contribution in [0.2, 0.25) is 10.0 Å². The number of amides is 1. The Balaban J connectivity index is 1.75. The number of carbonyl (C=O) groups is 1. The van der Waals surface area contributed by atoms with Gasteiger partial charge in [0.05, 0.1) is 22.7 Å². The number of hydrogen-bond donors (Lipinski definition) is 1. The summed E-state index contributed by atoms with van der Waals surface area (Å²) in [5.41, 5.74) is 1.46. The molecule has 25 heavy (non-hydrogen) atoms. The van der Waals surface area contributed by atoms with Crippen molar-refractivity contribution in [2.75, 3.05) is 5.32 Å². The van der Waals surface area contributed by atoms with E-state index in [1.54, 1.807) is 48.5 Å². The van der Waals surface area contributed by atoms with Crippen LogP contribution >= 0.6 is 23.2 Å². The van der Waals surface area contributed by atoms with Crippen LogP contribution in [0, 0.1) is 0 Å². The number of para-hydroxylation sites is 1. The molecular weight excluding hydrogens is 361 g/mol. The number of aromatic nitrogens is 2. The van der Waals surface area contributed by atoms with Crippen molar-refractivity contribution >= 4 is 34.8 Å². The fraction of sp³-hybridized carbons (Fsp3) is 0.0556. The van der Waals surface area contributed by atoms with Crippen molar-refractivity contribution in [3.63, 3.8) is 0 Å². The van der Waals surface area contributed by atoms with Gasteiger partial charge < -0.3 is 5.32 Å². The molecule has 0 saturated carbocycles. The van der Waals surface area contributed by atoms with Gasteiger partial charge in [0.2, 0.25) is 5.91 Å². The van der Waals surface area contributed by atoms with E-state index in [-0.39, 0.29) is 18.0 Å². The van der Waals surface area contributed by atoms with Gasteiger partial charge in [0.25, 0.3) is 5.56 Å². The lowest BCUT2D eigenvalue weighted by atomic mass is 10.1. The SMILES string of the molecule is O=C(Cn1cnc(-c2ccc(Cl)cc2)cc1=O)Nc1ccccc1Cl. The van der Waals surface area contributed by atoms with E-state index in [4.69, 9.17) is 23.2 Å². The van der Waals surface area contributed by atoms with Crippen molar-refractivity contribution in [1.29, 1.82) is 0 Å². The maximum Gasteiger partial charge on any atom is 0.254 e. The van der Waals surface area contributed by atoms with Gasteiger partial charge in [-0.15, -0.1) is 0 Å². The number of anilines is 1. The number of rotatable bonds is 4. The quantitative estimate of drug-likeness (QED) is 0.755. The molecule has 126 valence electrons. The standard InChI is InChI=1S/C18H13Cl2N3O2/c19-13-7-5-12(6-8-13)16-9-18(25)23(11-21-16)10-17(24)22-15-4-2-1-3-14(15)20/h1-9,11H,10H2,(H,22,24). The van der Waals surface area contributed by atoms with Gasteiger partial charge >= 0.3 is 0 Å². The Labute approximate surface area is 153 Å². The molecule has 3 aromatic rings. The Kier molecular flexibility index (Phi) is 5.16. The molecule has 0 aliphatic rings. The maximum absolute atomic E-state index is 12.2. The molecule has 0 saturated heterocycles. The molecule has 7 heteroatoms. The second kappa shape index (κ2) is 7.51. The fourth-order valence-corrected chi connectivity index (χ4v) is 2.54. The molecule has 0 spiro atoms. The molecule has 1 amide bonds. The summed E-state index contributed by atoms with van der Waals surface area (Å²) in [6.45, 7) is -0.155. The first kappa shape index (κ1) is 17.2. The van der Waals surface area contributed by atoms with Gasteiger partial charge in [-0.2, -0.15) is 0 Å². The third kappa shape index (κ3) is 4.26. The second-order valence-corrected chi connectivity index (χ2v) is 6.12. The minimum Gasteiger partial charge on any atom is -0.323 e. The topological polar surface area (TPSA) is 64.0 Å². The summed E-state index contributed by atoms with van der Waals surface area (Å²) < 4.78 is 1.23. The van der Waals surface area contributed by atoms with Gasteiger partial charge in [-0.3, -0.25) is 14.2 Å². The maximum atomic E-state index is 12.2. The third-order valence-corrected chi connectivity index (χ3v) is 4.06. The Hall–Kier alpha value is -2.63. The summed E-state index contributed by atoms with van der Waals surface area (Å²) in [4.78, 5) is 28.6. The van der Waals surface area contributed by atoms with E-state index in [0.29, 0.717) is 21.4 Å². The summed E-state index contributed by atoms with van der Waals surface area (Å²) in [5.74, 6) is -0.365. The zero-order chi connectivity index (χ0) is 17.8. The molecular formula is C18H13Cl2N3O2. The molecule has 3 rings (SSSR count). The fourth-order valence-electron chi connectivity index (χ4n) is 2.23. The normalized spacial score (nSPS) is 10.5. The van der Waals surface area contributed by atoms with Gasteiger partial charge in [-0.05, 0) is 24.3 Å².